The SMILES string of the molecule is COCC(=O)c1cc2c3c(c1O)OC1C(N(CC(C)C)C(=O)C=Cc4ccccc4)CC[C@H]4[C@@H](C2)N(CCc2ccccc2)CC[C@]314. The van der Waals surface area contributed by atoms with E-state index in [0.29, 0.717) is 24.3 Å². The van der Waals surface area contributed by atoms with E-state index < -0.39 is 0 Å². The van der Waals surface area contributed by atoms with Crippen LogP contribution in [0.1, 0.15) is 65.7 Å². The number of Topliss-reactive ketones (excluding diaryl/α,β-unsaturated/α-hetero) is 1. The van der Waals surface area contributed by atoms with Crippen molar-refractivity contribution < 1.29 is 24.2 Å². The molecular weight excluding hydrogens is 588 g/mol. The standard InChI is InChI=1S/C40H46N2O5/c1-26(2)24-42(35(44)17-14-27-10-6-4-7-11-27)32-16-15-31-33-23-29-22-30(34(43)25-46-3)37(45)38-36(29)40(31,39(32)47-38)19-21-41(33)20-18-28-12-8-5-9-13-28/h4-14,17,22,26,31-33,39,45H,15-16,18-21,23-25H2,1-3H3/t31-,32?,33+,39?,40-/m0/s1. The first kappa shape index (κ1) is 31.6. The Morgan fingerprint density at radius 3 is 2.57 bits per heavy atom. The van der Waals surface area contributed by atoms with Gasteiger partial charge in [-0.1, -0.05) is 74.5 Å². The van der Waals surface area contributed by atoms with E-state index in [-0.39, 0.29) is 53.1 Å². The van der Waals surface area contributed by atoms with Crippen LogP contribution < -0.4 is 4.74 Å². The molecule has 2 fully saturated rings. The molecular formula is C40H46N2O5. The number of piperidine rings is 1. The van der Waals surface area contributed by atoms with Crippen LogP contribution >= 0.6 is 0 Å². The number of hydrogen-bond acceptors (Lipinski definition) is 6. The molecule has 0 aromatic heterocycles. The number of ether oxygens (including phenoxy) is 2. The Balaban J connectivity index is 1.28. The summed E-state index contributed by atoms with van der Waals surface area (Å²) in [5.74, 6) is 0.698. The third-order valence-electron chi connectivity index (χ3n) is 11.1. The maximum Gasteiger partial charge on any atom is 0.246 e. The van der Waals surface area contributed by atoms with Gasteiger partial charge in [-0.25, -0.2) is 0 Å². The number of aromatic hydroxyl groups is 1. The van der Waals surface area contributed by atoms with Crippen LogP contribution in [0.15, 0.2) is 72.8 Å². The molecule has 2 aliphatic heterocycles. The van der Waals surface area contributed by atoms with E-state index in [9.17, 15) is 14.7 Å². The van der Waals surface area contributed by atoms with Crippen molar-refractivity contribution in [1.29, 1.82) is 0 Å². The van der Waals surface area contributed by atoms with Gasteiger partial charge in [0.1, 0.15) is 12.7 Å². The summed E-state index contributed by atoms with van der Waals surface area (Å²) in [6.07, 6.45) is 7.77. The fourth-order valence-electron chi connectivity index (χ4n) is 9.22. The minimum absolute atomic E-state index is 0.0185. The first-order valence-corrected chi connectivity index (χ1v) is 17.2. The van der Waals surface area contributed by atoms with E-state index in [4.69, 9.17) is 9.47 Å². The highest BCUT2D eigenvalue weighted by molar-refractivity contribution is 6.01. The highest BCUT2D eigenvalue weighted by Gasteiger charge is 2.66. The van der Waals surface area contributed by atoms with Crippen molar-refractivity contribution in [2.45, 2.75) is 69.6 Å². The van der Waals surface area contributed by atoms with E-state index in [1.807, 2.05) is 47.4 Å². The lowest BCUT2D eigenvalue weighted by molar-refractivity contribution is -0.138. The average molecular weight is 635 g/mol. The summed E-state index contributed by atoms with van der Waals surface area (Å²) in [7, 11) is 1.49. The summed E-state index contributed by atoms with van der Waals surface area (Å²) in [6, 6.07) is 22.6. The third-order valence-corrected chi connectivity index (χ3v) is 11.1. The average Bonchev–Trinajstić information content (AvgIpc) is 3.43. The Bertz CT molecular complexity index is 1650. The normalized spacial score (nSPS) is 25.9. The third kappa shape index (κ3) is 5.57. The molecule has 4 aliphatic rings. The van der Waals surface area contributed by atoms with Gasteiger partial charge in [-0.15, -0.1) is 0 Å². The van der Waals surface area contributed by atoms with Crippen LogP contribution in [-0.2, 0) is 27.8 Å². The van der Waals surface area contributed by atoms with Crippen molar-refractivity contribution in [2.24, 2.45) is 11.8 Å². The van der Waals surface area contributed by atoms with Crippen LogP contribution in [0.3, 0.4) is 0 Å². The van der Waals surface area contributed by atoms with Crippen LogP contribution in [-0.4, -0.2) is 78.1 Å². The van der Waals surface area contributed by atoms with Gasteiger partial charge in [0.25, 0.3) is 0 Å². The Morgan fingerprint density at radius 2 is 1.85 bits per heavy atom. The number of likely N-dealkylation sites (tertiary alicyclic amines) is 1. The summed E-state index contributed by atoms with van der Waals surface area (Å²) in [6.45, 7) is 6.69. The summed E-state index contributed by atoms with van der Waals surface area (Å²) >= 11 is 0. The molecule has 2 unspecified atom stereocenters. The first-order chi connectivity index (χ1) is 22.8. The van der Waals surface area contributed by atoms with Crippen molar-refractivity contribution in [3.8, 4) is 11.5 Å². The van der Waals surface area contributed by atoms with E-state index in [1.165, 1.54) is 12.7 Å². The lowest BCUT2D eigenvalue weighted by Crippen LogP contribution is -2.69. The number of rotatable bonds is 11. The van der Waals surface area contributed by atoms with E-state index in [2.05, 4.69) is 49.1 Å². The molecule has 1 amide bonds. The van der Waals surface area contributed by atoms with Crippen LogP contribution in [0, 0.1) is 11.8 Å². The molecule has 2 aliphatic carbocycles. The topological polar surface area (TPSA) is 79.3 Å². The zero-order chi connectivity index (χ0) is 32.7. The van der Waals surface area contributed by atoms with Crippen LogP contribution in [0.25, 0.3) is 6.08 Å². The maximum absolute atomic E-state index is 14.1. The molecule has 7 nitrogen and oxygen atoms in total. The highest BCUT2D eigenvalue weighted by atomic mass is 16.5. The number of methoxy groups -OCH3 is 1. The fraction of sp³-hybridized carbons (Fsp3) is 0.450. The smallest absolute Gasteiger partial charge is 0.246 e. The van der Waals surface area contributed by atoms with Crippen molar-refractivity contribution >= 4 is 17.8 Å². The Hall–Kier alpha value is -3.94. The zero-order valence-electron chi connectivity index (χ0n) is 27.7. The molecule has 1 saturated heterocycles. The number of nitrogens with zero attached hydrogens (tertiary/aromatic N) is 2. The quantitative estimate of drug-likeness (QED) is 0.204. The second-order valence-corrected chi connectivity index (χ2v) is 14.2. The van der Waals surface area contributed by atoms with E-state index in [1.54, 1.807) is 6.08 Å². The van der Waals surface area contributed by atoms with Crippen LogP contribution in [0.5, 0.6) is 11.5 Å². The number of ketones is 1. The molecule has 1 spiro atoms. The fourth-order valence-corrected chi connectivity index (χ4v) is 9.22. The predicted octanol–water partition coefficient (Wildman–Crippen LogP) is 6.07. The molecule has 7 heteroatoms. The first-order valence-electron chi connectivity index (χ1n) is 17.2. The zero-order valence-corrected chi connectivity index (χ0v) is 27.7. The Kier molecular flexibility index (Phi) is 8.71. The predicted molar refractivity (Wildman–Crippen MR) is 183 cm³/mol. The molecule has 7 rings (SSSR count). The second kappa shape index (κ2) is 12.9. The molecule has 246 valence electrons. The van der Waals surface area contributed by atoms with Gasteiger partial charge in [-0.05, 0) is 79.3 Å². The molecule has 1 N–H and O–H groups in total. The largest absolute Gasteiger partial charge is 0.504 e. The molecule has 47 heavy (non-hydrogen) atoms. The number of carbonyl (C=O) groups excluding carboxylic acids is 2. The molecule has 3 aromatic carbocycles. The van der Waals surface area contributed by atoms with Gasteiger partial charge in [0, 0.05) is 43.3 Å². The van der Waals surface area contributed by atoms with Crippen molar-refractivity contribution in [3.63, 3.8) is 0 Å². The summed E-state index contributed by atoms with van der Waals surface area (Å²) in [5, 5.41) is 11.6. The van der Waals surface area contributed by atoms with Gasteiger partial charge in [-0.2, -0.15) is 0 Å². The van der Waals surface area contributed by atoms with Crippen molar-refractivity contribution in [3.05, 3.63) is 101 Å². The molecule has 5 atom stereocenters. The molecule has 0 radical (unpaired) electrons. The number of phenolic OH excluding ortho intramolecular Hbond substituents is 1. The number of amides is 1. The molecule has 2 bridgehead atoms. The second-order valence-electron chi connectivity index (χ2n) is 14.2. The van der Waals surface area contributed by atoms with Gasteiger partial charge in [0.15, 0.2) is 17.3 Å². The Labute approximate surface area is 278 Å². The van der Waals surface area contributed by atoms with Gasteiger partial charge < -0.3 is 19.5 Å². The van der Waals surface area contributed by atoms with Crippen LogP contribution in [0.2, 0.25) is 0 Å². The van der Waals surface area contributed by atoms with E-state index >= 15 is 0 Å². The summed E-state index contributed by atoms with van der Waals surface area (Å²) < 4.78 is 12.1. The number of phenols is 1. The van der Waals surface area contributed by atoms with Crippen molar-refractivity contribution in [2.75, 3.05) is 33.4 Å². The summed E-state index contributed by atoms with van der Waals surface area (Å²) in [5.41, 5.74) is 4.43. The van der Waals surface area contributed by atoms with Gasteiger partial charge in [0.05, 0.1) is 11.6 Å². The van der Waals surface area contributed by atoms with Gasteiger partial charge >= 0.3 is 0 Å². The molecule has 1 saturated carbocycles. The molecule has 2 heterocycles. The number of benzene rings is 3. The number of carbonyl (C=O) groups is 2. The van der Waals surface area contributed by atoms with Crippen LogP contribution in [0.4, 0.5) is 0 Å². The van der Waals surface area contributed by atoms with Gasteiger partial charge in [0.2, 0.25) is 5.91 Å². The van der Waals surface area contributed by atoms with E-state index in [0.717, 1.165) is 61.9 Å². The lowest BCUT2D eigenvalue weighted by Gasteiger charge is -2.60. The molecule has 3 aromatic rings. The summed E-state index contributed by atoms with van der Waals surface area (Å²) in [4.78, 5) is 31.9. The lowest BCUT2D eigenvalue weighted by atomic mass is 9.50. The minimum Gasteiger partial charge on any atom is -0.504 e. The number of hydrogen-bond donors (Lipinski definition) is 1. The minimum atomic E-state index is -0.335. The van der Waals surface area contributed by atoms with Gasteiger partial charge in [-0.3, -0.25) is 14.5 Å². The highest BCUT2D eigenvalue weighted by Crippen LogP contribution is 2.64. The van der Waals surface area contributed by atoms with Crippen molar-refractivity contribution in [1.82, 2.24) is 9.80 Å². The monoisotopic (exact) mass is 634 g/mol. The Morgan fingerprint density at radius 1 is 1.11 bits per heavy atom. The maximum atomic E-state index is 14.1.